The molecule has 70 valence electrons. The van der Waals surface area contributed by atoms with Crippen LogP contribution in [0.5, 0.6) is 0 Å². The molecule has 0 radical (unpaired) electrons. The van der Waals surface area contributed by atoms with Crippen molar-refractivity contribution in [2.45, 2.75) is 45.6 Å². The smallest absolute Gasteiger partial charge is 0.00392 e. The van der Waals surface area contributed by atoms with E-state index in [2.05, 4.69) is 13.8 Å². The predicted molar refractivity (Wildman–Crippen MR) is 54.7 cm³/mol. The van der Waals surface area contributed by atoms with Gasteiger partial charge < -0.3 is 5.73 Å². The van der Waals surface area contributed by atoms with E-state index in [1.807, 2.05) is 0 Å². The molecule has 1 fully saturated rings. The van der Waals surface area contributed by atoms with E-state index in [-0.39, 0.29) is 24.8 Å². The largest absolute Gasteiger partial charge is 0.328 e. The highest BCUT2D eigenvalue weighted by Crippen LogP contribution is 2.34. The highest BCUT2D eigenvalue weighted by atomic mass is 35.5. The average molecular weight is 200 g/mol. The number of nitrogens with two attached hydrogens (primary N) is 1. The molecular formula is C8H19Cl2N. The van der Waals surface area contributed by atoms with E-state index in [0.717, 1.165) is 0 Å². The summed E-state index contributed by atoms with van der Waals surface area (Å²) < 4.78 is 0. The Morgan fingerprint density at radius 2 is 1.45 bits per heavy atom. The molecule has 2 N–H and O–H groups in total. The first-order valence-corrected chi connectivity index (χ1v) is 3.86. The highest BCUT2D eigenvalue weighted by molar-refractivity contribution is 5.85. The normalized spacial score (nSPS) is 23.2. The summed E-state index contributed by atoms with van der Waals surface area (Å²) in [5.41, 5.74) is 6.34. The fraction of sp³-hybridized carbons (Fsp3) is 1.00. The lowest BCUT2D eigenvalue weighted by molar-refractivity contribution is 0.225. The van der Waals surface area contributed by atoms with Gasteiger partial charge >= 0.3 is 0 Å². The first-order chi connectivity index (χ1) is 4.10. The summed E-state index contributed by atoms with van der Waals surface area (Å²) in [7, 11) is 0. The molecule has 0 heterocycles. The van der Waals surface area contributed by atoms with Gasteiger partial charge in [-0.25, -0.2) is 0 Å². The Labute approximate surface area is 81.9 Å². The lowest BCUT2D eigenvalue weighted by atomic mass is 9.76. The fourth-order valence-electron chi connectivity index (χ4n) is 1.42. The quantitative estimate of drug-likeness (QED) is 0.639. The molecule has 0 aromatic heterocycles. The topological polar surface area (TPSA) is 26.0 Å². The minimum atomic E-state index is 0. The zero-order chi connectivity index (χ0) is 6.91. The Bertz CT molecular complexity index is 94.3. The van der Waals surface area contributed by atoms with Crippen LogP contribution < -0.4 is 5.73 Å². The molecular weight excluding hydrogens is 181 g/mol. The third-order valence-corrected chi connectivity index (χ3v) is 2.38. The Hall–Kier alpha value is 0.540. The third-order valence-electron chi connectivity index (χ3n) is 2.38. The van der Waals surface area contributed by atoms with E-state index in [0.29, 0.717) is 11.5 Å². The van der Waals surface area contributed by atoms with Crippen LogP contribution in [-0.2, 0) is 0 Å². The maximum absolute atomic E-state index is 5.76. The van der Waals surface area contributed by atoms with Gasteiger partial charge in [0.25, 0.3) is 0 Å². The highest BCUT2D eigenvalue weighted by Gasteiger charge is 2.24. The summed E-state index contributed by atoms with van der Waals surface area (Å²) >= 11 is 0. The van der Waals surface area contributed by atoms with Crippen LogP contribution in [0, 0.1) is 5.41 Å². The predicted octanol–water partition coefficient (Wildman–Crippen LogP) is 2.76. The van der Waals surface area contributed by atoms with Gasteiger partial charge in [0.15, 0.2) is 0 Å². The summed E-state index contributed by atoms with van der Waals surface area (Å²) in [5, 5.41) is 0. The molecule has 0 unspecified atom stereocenters. The van der Waals surface area contributed by atoms with E-state index in [1.165, 1.54) is 25.7 Å². The van der Waals surface area contributed by atoms with Crippen molar-refractivity contribution in [3.8, 4) is 0 Å². The van der Waals surface area contributed by atoms with Crippen molar-refractivity contribution < 1.29 is 0 Å². The maximum atomic E-state index is 5.76. The number of hydrogen-bond acceptors (Lipinski definition) is 1. The second kappa shape index (κ2) is 5.23. The van der Waals surface area contributed by atoms with Crippen molar-refractivity contribution in [3.63, 3.8) is 0 Å². The van der Waals surface area contributed by atoms with E-state index in [4.69, 9.17) is 5.73 Å². The molecule has 1 nitrogen and oxygen atoms in total. The van der Waals surface area contributed by atoms with Crippen LogP contribution in [0.25, 0.3) is 0 Å². The van der Waals surface area contributed by atoms with Crippen molar-refractivity contribution in [1.29, 1.82) is 0 Å². The van der Waals surface area contributed by atoms with Crippen LogP contribution in [0.15, 0.2) is 0 Å². The lowest BCUT2D eigenvalue weighted by Crippen LogP contribution is -2.30. The van der Waals surface area contributed by atoms with E-state index >= 15 is 0 Å². The molecule has 0 aliphatic heterocycles. The van der Waals surface area contributed by atoms with Crippen molar-refractivity contribution in [2.24, 2.45) is 11.1 Å². The van der Waals surface area contributed by atoms with Crippen molar-refractivity contribution in [1.82, 2.24) is 0 Å². The van der Waals surface area contributed by atoms with Crippen LogP contribution in [0.4, 0.5) is 0 Å². The van der Waals surface area contributed by atoms with Gasteiger partial charge in [0.2, 0.25) is 0 Å². The molecule has 1 rings (SSSR count). The Balaban J connectivity index is 0. The molecule has 0 spiro atoms. The van der Waals surface area contributed by atoms with E-state index in [1.54, 1.807) is 0 Å². The number of hydrogen-bond donors (Lipinski definition) is 1. The zero-order valence-corrected chi connectivity index (χ0v) is 8.93. The SMILES string of the molecule is CC1(C)CCC(N)CC1.Cl.Cl. The Kier molecular flexibility index (Phi) is 6.70. The van der Waals surface area contributed by atoms with Gasteiger partial charge in [-0.15, -0.1) is 24.8 Å². The van der Waals surface area contributed by atoms with Gasteiger partial charge in [0.05, 0.1) is 0 Å². The van der Waals surface area contributed by atoms with E-state index < -0.39 is 0 Å². The lowest BCUT2D eigenvalue weighted by Gasteiger charge is -2.32. The molecule has 11 heavy (non-hydrogen) atoms. The third kappa shape index (κ3) is 4.89. The van der Waals surface area contributed by atoms with Crippen molar-refractivity contribution in [3.05, 3.63) is 0 Å². The average Bonchev–Trinajstić information content (AvgIpc) is 1.78. The minimum Gasteiger partial charge on any atom is -0.328 e. The molecule has 1 aliphatic rings. The van der Waals surface area contributed by atoms with Crippen molar-refractivity contribution >= 4 is 24.8 Å². The summed E-state index contributed by atoms with van der Waals surface area (Å²) in [6.07, 6.45) is 5.09. The molecule has 0 aromatic carbocycles. The summed E-state index contributed by atoms with van der Waals surface area (Å²) in [6, 6.07) is 0.498. The van der Waals surface area contributed by atoms with Crippen LogP contribution in [0.2, 0.25) is 0 Å². The minimum absolute atomic E-state index is 0. The molecule has 0 bridgehead atoms. The second-order valence-electron chi connectivity index (χ2n) is 4.00. The second-order valence-corrected chi connectivity index (χ2v) is 4.00. The van der Waals surface area contributed by atoms with Gasteiger partial charge in [-0.2, -0.15) is 0 Å². The molecule has 3 heteroatoms. The molecule has 1 saturated carbocycles. The molecule has 0 aromatic rings. The summed E-state index contributed by atoms with van der Waals surface area (Å²) in [5.74, 6) is 0. The number of rotatable bonds is 0. The van der Waals surface area contributed by atoms with Gasteiger partial charge in [0, 0.05) is 6.04 Å². The maximum Gasteiger partial charge on any atom is 0.00392 e. The van der Waals surface area contributed by atoms with Gasteiger partial charge in [-0.05, 0) is 31.1 Å². The van der Waals surface area contributed by atoms with Gasteiger partial charge in [0.1, 0.15) is 0 Å². The fourth-order valence-corrected chi connectivity index (χ4v) is 1.42. The Morgan fingerprint density at radius 3 is 1.73 bits per heavy atom. The van der Waals surface area contributed by atoms with Gasteiger partial charge in [-0.1, -0.05) is 13.8 Å². The van der Waals surface area contributed by atoms with Crippen LogP contribution in [0.3, 0.4) is 0 Å². The van der Waals surface area contributed by atoms with Crippen LogP contribution >= 0.6 is 24.8 Å². The molecule has 0 saturated heterocycles. The van der Waals surface area contributed by atoms with Crippen molar-refractivity contribution in [2.75, 3.05) is 0 Å². The first-order valence-electron chi connectivity index (χ1n) is 3.86. The monoisotopic (exact) mass is 199 g/mol. The Morgan fingerprint density at radius 1 is 1.09 bits per heavy atom. The van der Waals surface area contributed by atoms with Crippen LogP contribution in [0.1, 0.15) is 39.5 Å². The molecule has 0 amide bonds. The zero-order valence-electron chi connectivity index (χ0n) is 7.30. The summed E-state index contributed by atoms with van der Waals surface area (Å²) in [6.45, 7) is 4.66. The molecule has 1 aliphatic carbocycles. The van der Waals surface area contributed by atoms with Crippen LogP contribution in [-0.4, -0.2) is 6.04 Å². The van der Waals surface area contributed by atoms with Gasteiger partial charge in [-0.3, -0.25) is 0 Å². The molecule has 0 atom stereocenters. The van der Waals surface area contributed by atoms with E-state index in [9.17, 15) is 0 Å². The first kappa shape index (κ1) is 14.1. The number of halogens is 2. The standard InChI is InChI=1S/C8H17N.2ClH/c1-8(2)5-3-7(9)4-6-8;;/h7H,3-6,9H2,1-2H3;2*1H. The summed E-state index contributed by atoms with van der Waals surface area (Å²) in [4.78, 5) is 0.